The standard InChI is InChI=1S/C26H25N3O6/c1-33-19-6-3-2-5-18(19)23-22(24(30)17-7-8-20-21(15-17)35-14-13-34-20)25(31)26(32)29(23)11-4-10-28-12-9-27-16-28/h2-3,5-9,12,15-16,23,30H,4,10-11,13-14H2,1H3/b24-22+/t23-/m0/s1. The number of hydrogen-bond donors (Lipinski definition) is 1. The van der Waals surface area contributed by atoms with Gasteiger partial charge in [0.1, 0.15) is 24.7 Å². The monoisotopic (exact) mass is 475 g/mol. The fourth-order valence-electron chi connectivity index (χ4n) is 4.52. The first-order chi connectivity index (χ1) is 17.1. The van der Waals surface area contributed by atoms with Crippen molar-refractivity contribution >= 4 is 17.4 Å². The van der Waals surface area contributed by atoms with Crippen LogP contribution in [0.5, 0.6) is 17.2 Å². The second kappa shape index (κ2) is 9.54. The minimum absolute atomic E-state index is 0.0128. The highest BCUT2D eigenvalue weighted by Gasteiger charge is 2.46. The second-order valence-electron chi connectivity index (χ2n) is 8.25. The van der Waals surface area contributed by atoms with E-state index in [4.69, 9.17) is 14.2 Å². The van der Waals surface area contributed by atoms with Crippen LogP contribution in [0.4, 0.5) is 0 Å². The summed E-state index contributed by atoms with van der Waals surface area (Å²) in [5.74, 6) is -0.111. The fourth-order valence-corrected chi connectivity index (χ4v) is 4.52. The van der Waals surface area contributed by atoms with Crippen molar-refractivity contribution in [1.82, 2.24) is 14.5 Å². The maximum absolute atomic E-state index is 13.3. The van der Waals surface area contributed by atoms with Crippen molar-refractivity contribution < 1.29 is 28.9 Å². The zero-order valence-corrected chi connectivity index (χ0v) is 19.2. The summed E-state index contributed by atoms with van der Waals surface area (Å²) >= 11 is 0. The van der Waals surface area contributed by atoms with Gasteiger partial charge in [-0.25, -0.2) is 4.98 Å². The number of aliphatic hydroxyl groups is 1. The number of Topliss-reactive ketones (excluding diaryl/α,β-unsaturated/α-hetero) is 1. The van der Waals surface area contributed by atoms with Crippen LogP contribution in [0, 0.1) is 0 Å². The summed E-state index contributed by atoms with van der Waals surface area (Å²) in [6, 6.07) is 11.3. The van der Waals surface area contributed by atoms with E-state index in [9.17, 15) is 14.7 Å². The Balaban J connectivity index is 1.56. The molecule has 0 radical (unpaired) electrons. The van der Waals surface area contributed by atoms with E-state index in [0.29, 0.717) is 61.1 Å². The van der Waals surface area contributed by atoms with Gasteiger partial charge in [-0.15, -0.1) is 0 Å². The molecule has 1 aromatic heterocycles. The van der Waals surface area contributed by atoms with Gasteiger partial charge in [-0.2, -0.15) is 0 Å². The summed E-state index contributed by atoms with van der Waals surface area (Å²) in [5.41, 5.74) is 1.00. The Kier molecular flexibility index (Phi) is 6.13. The molecule has 2 aliphatic heterocycles. The summed E-state index contributed by atoms with van der Waals surface area (Å²) in [5, 5.41) is 11.3. The third-order valence-electron chi connectivity index (χ3n) is 6.16. The quantitative estimate of drug-likeness (QED) is 0.318. The van der Waals surface area contributed by atoms with Gasteiger partial charge in [-0.05, 0) is 30.7 Å². The minimum Gasteiger partial charge on any atom is -0.507 e. The average Bonchev–Trinajstić information content (AvgIpc) is 3.50. The van der Waals surface area contributed by atoms with Crippen molar-refractivity contribution in [2.45, 2.75) is 19.0 Å². The number of nitrogens with zero attached hydrogens (tertiary/aromatic N) is 3. The Hall–Kier alpha value is -4.27. The smallest absolute Gasteiger partial charge is 0.295 e. The summed E-state index contributed by atoms with van der Waals surface area (Å²) < 4.78 is 18.6. The number of aliphatic hydroxyl groups excluding tert-OH is 1. The summed E-state index contributed by atoms with van der Waals surface area (Å²) in [6.07, 6.45) is 5.83. The lowest BCUT2D eigenvalue weighted by Crippen LogP contribution is -2.31. The molecule has 1 amide bonds. The van der Waals surface area contributed by atoms with Gasteiger partial charge in [0, 0.05) is 36.6 Å². The molecule has 0 saturated carbocycles. The molecule has 0 spiro atoms. The summed E-state index contributed by atoms with van der Waals surface area (Å²) in [6.45, 7) is 1.77. The van der Waals surface area contributed by atoms with Crippen LogP contribution in [0.25, 0.3) is 5.76 Å². The van der Waals surface area contributed by atoms with E-state index in [1.54, 1.807) is 42.9 Å². The number of rotatable bonds is 7. The van der Waals surface area contributed by atoms with Crippen LogP contribution >= 0.6 is 0 Å². The number of carbonyl (C=O) groups excluding carboxylic acids is 2. The molecule has 0 bridgehead atoms. The molecule has 3 heterocycles. The Bertz CT molecular complexity index is 1280. The molecule has 1 fully saturated rings. The predicted molar refractivity (Wildman–Crippen MR) is 126 cm³/mol. The van der Waals surface area contributed by atoms with Crippen molar-refractivity contribution in [1.29, 1.82) is 0 Å². The van der Waals surface area contributed by atoms with Gasteiger partial charge in [-0.1, -0.05) is 18.2 Å². The first-order valence-corrected chi connectivity index (χ1v) is 11.4. The lowest BCUT2D eigenvalue weighted by Gasteiger charge is -2.26. The Morgan fingerprint density at radius 2 is 1.91 bits per heavy atom. The number of methoxy groups -OCH3 is 1. The van der Waals surface area contributed by atoms with E-state index in [-0.39, 0.29) is 11.3 Å². The van der Waals surface area contributed by atoms with Crippen molar-refractivity contribution in [3.05, 3.63) is 77.9 Å². The van der Waals surface area contributed by atoms with Crippen LogP contribution < -0.4 is 14.2 Å². The Morgan fingerprint density at radius 3 is 2.69 bits per heavy atom. The Morgan fingerprint density at radius 1 is 1.11 bits per heavy atom. The van der Waals surface area contributed by atoms with E-state index < -0.39 is 17.7 Å². The molecule has 1 saturated heterocycles. The largest absolute Gasteiger partial charge is 0.507 e. The van der Waals surface area contributed by atoms with E-state index in [1.807, 2.05) is 22.9 Å². The molecule has 1 atom stereocenters. The SMILES string of the molecule is COc1ccccc1[C@H]1/C(=C(\O)c2ccc3c(c2)OCCO3)C(=O)C(=O)N1CCCn1ccnc1. The second-order valence-corrected chi connectivity index (χ2v) is 8.25. The highest BCUT2D eigenvalue weighted by atomic mass is 16.6. The number of likely N-dealkylation sites (tertiary alicyclic amines) is 1. The molecule has 0 aliphatic carbocycles. The molecule has 180 valence electrons. The average molecular weight is 476 g/mol. The van der Waals surface area contributed by atoms with Gasteiger partial charge in [-0.3, -0.25) is 9.59 Å². The number of amides is 1. The van der Waals surface area contributed by atoms with Crippen LogP contribution in [-0.2, 0) is 16.1 Å². The number of benzene rings is 2. The normalized spacial score (nSPS) is 18.7. The lowest BCUT2D eigenvalue weighted by atomic mass is 9.94. The molecule has 9 heteroatoms. The van der Waals surface area contributed by atoms with Gasteiger partial charge in [0.15, 0.2) is 11.5 Å². The van der Waals surface area contributed by atoms with Crippen molar-refractivity contribution in [2.75, 3.05) is 26.9 Å². The van der Waals surface area contributed by atoms with Gasteiger partial charge in [0.2, 0.25) is 0 Å². The first-order valence-electron chi connectivity index (χ1n) is 11.4. The summed E-state index contributed by atoms with van der Waals surface area (Å²) in [4.78, 5) is 32.0. The number of para-hydroxylation sites is 1. The number of hydrogen-bond acceptors (Lipinski definition) is 7. The third kappa shape index (κ3) is 4.21. The number of aryl methyl sites for hydroxylation is 1. The molecule has 3 aromatic rings. The highest BCUT2D eigenvalue weighted by molar-refractivity contribution is 6.46. The molecule has 2 aliphatic rings. The van der Waals surface area contributed by atoms with E-state index in [0.717, 1.165) is 0 Å². The number of ketones is 1. The lowest BCUT2D eigenvalue weighted by molar-refractivity contribution is -0.140. The number of aromatic nitrogens is 2. The molecule has 9 nitrogen and oxygen atoms in total. The number of imidazole rings is 1. The topological polar surface area (TPSA) is 103 Å². The van der Waals surface area contributed by atoms with Crippen molar-refractivity contribution in [3.63, 3.8) is 0 Å². The van der Waals surface area contributed by atoms with Gasteiger partial charge in [0.25, 0.3) is 11.7 Å². The molecule has 2 aromatic carbocycles. The fraction of sp³-hybridized carbons (Fsp3) is 0.269. The van der Waals surface area contributed by atoms with E-state index in [1.165, 1.54) is 12.0 Å². The molecular weight excluding hydrogens is 450 g/mol. The van der Waals surface area contributed by atoms with E-state index in [2.05, 4.69) is 4.98 Å². The maximum Gasteiger partial charge on any atom is 0.295 e. The first kappa shape index (κ1) is 22.5. The van der Waals surface area contributed by atoms with Crippen LogP contribution in [-0.4, -0.2) is 58.1 Å². The number of ether oxygens (including phenoxy) is 3. The number of carbonyl (C=O) groups is 2. The van der Waals surface area contributed by atoms with Crippen LogP contribution in [0.15, 0.2) is 66.8 Å². The van der Waals surface area contributed by atoms with Crippen molar-refractivity contribution in [3.8, 4) is 17.2 Å². The minimum atomic E-state index is -0.804. The van der Waals surface area contributed by atoms with Gasteiger partial charge in [0.05, 0.1) is 25.1 Å². The zero-order chi connectivity index (χ0) is 24.4. The predicted octanol–water partition coefficient (Wildman–Crippen LogP) is 3.17. The zero-order valence-electron chi connectivity index (χ0n) is 19.2. The van der Waals surface area contributed by atoms with Crippen LogP contribution in [0.3, 0.4) is 0 Å². The molecule has 1 N–H and O–H groups in total. The van der Waals surface area contributed by atoms with E-state index >= 15 is 0 Å². The third-order valence-corrected chi connectivity index (χ3v) is 6.16. The summed E-state index contributed by atoms with van der Waals surface area (Å²) in [7, 11) is 1.53. The van der Waals surface area contributed by atoms with Gasteiger partial charge >= 0.3 is 0 Å². The molecule has 5 rings (SSSR count). The molecule has 35 heavy (non-hydrogen) atoms. The van der Waals surface area contributed by atoms with Crippen molar-refractivity contribution in [2.24, 2.45) is 0 Å². The highest BCUT2D eigenvalue weighted by Crippen LogP contribution is 2.43. The maximum atomic E-state index is 13.3. The molecular formula is C26H25N3O6. The Labute approximate surface area is 202 Å². The van der Waals surface area contributed by atoms with Crippen LogP contribution in [0.2, 0.25) is 0 Å². The van der Waals surface area contributed by atoms with Gasteiger partial charge < -0.3 is 28.8 Å². The number of fused-ring (bicyclic) bond motifs is 1. The molecule has 0 unspecified atom stereocenters. The van der Waals surface area contributed by atoms with Crippen LogP contribution in [0.1, 0.15) is 23.6 Å².